The highest BCUT2D eigenvalue weighted by Gasteiger charge is 2.35. The highest BCUT2D eigenvalue weighted by Crippen LogP contribution is 2.31. The number of hydrogen-bond donors (Lipinski definition) is 2. The van der Waals surface area contributed by atoms with E-state index in [0.29, 0.717) is 13.0 Å². The SMILES string of the molecule is CCc1cccc2c(CC(=O)N3CCc4ccccc4C3C(=O)O)c[nH]c12. The predicted octanol–water partition coefficient (Wildman–Crippen LogP) is 3.48. The number of aromatic nitrogens is 1. The lowest BCUT2D eigenvalue weighted by atomic mass is 9.92. The number of rotatable bonds is 4. The summed E-state index contributed by atoms with van der Waals surface area (Å²) in [5.41, 5.74) is 4.90. The standard InChI is InChI=1S/C22H22N2O3/c1-2-14-7-5-9-17-16(13-23-20(14)17)12-19(25)24-11-10-15-6-3-4-8-18(15)21(24)22(26)27/h3-9,13,21,23H,2,10-12H2,1H3,(H,26,27). The number of benzene rings is 2. The first-order chi connectivity index (χ1) is 13.1. The molecule has 0 saturated carbocycles. The fourth-order valence-electron chi connectivity index (χ4n) is 4.08. The second kappa shape index (κ2) is 6.91. The largest absolute Gasteiger partial charge is 0.479 e. The fourth-order valence-corrected chi connectivity index (χ4v) is 4.08. The number of carbonyl (C=O) groups is 2. The highest BCUT2D eigenvalue weighted by molar-refractivity contribution is 5.92. The van der Waals surface area contributed by atoms with Gasteiger partial charge in [-0.05, 0) is 35.1 Å². The van der Waals surface area contributed by atoms with E-state index < -0.39 is 12.0 Å². The quantitative estimate of drug-likeness (QED) is 0.746. The Hall–Kier alpha value is -3.08. The number of carboxylic acid groups (broad SMARTS) is 1. The molecule has 0 aliphatic carbocycles. The zero-order valence-electron chi connectivity index (χ0n) is 15.2. The van der Waals surface area contributed by atoms with Gasteiger partial charge in [-0.15, -0.1) is 0 Å². The van der Waals surface area contributed by atoms with Gasteiger partial charge in [0.25, 0.3) is 0 Å². The smallest absolute Gasteiger partial charge is 0.331 e. The molecule has 27 heavy (non-hydrogen) atoms. The van der Waals surface area contributed by atoms with Crippen molar-refractivity contribution in [1.29, 1.82) is 0 Å². The van der Waals surface area contributed by atoms with Crippen LogP contribution in [-0.4, -0.2) is 33.4 Å². The van der Waals surface area contributed by atoms with Crippen LogP contribution in [0.2, 0.25) is 0 Å². The van der Waals surface area contributed by atoms with Gasteiger partial charge in [0.05, 0.1) is 6.42 Å². The molecule has 2 aromatic carbocycles. The normalized spacial score (nSPS) is 16.3. The third-order valence-corrected chi connectivity index (χ3v) is 5.45. The molecule has 1 amide bonds. The van der Waals surface area contributed by atoms with E-state index in [0.717, 1.165) is 34.0 Å². The average molecular weight is 362 g/mol. The third-order valence-electron chi connectivity index (χ3n) is 5.45. The molecule has 2 N–H and O–H groups in total. The first kappa shape index (κ1) is 17.3. The molecule has 3 aromatic rings. The summed E-state index contributed by atoms with van der Waals surface area (Å²) < 4.78 is 0. The van der Waals surface area contributed by atoms with E-state index in [9.17, 15) is 14.7 Å². The van der Waals surface area contributed by atoms with Crippen LogP contribution in [0, 0.1) is 0 Å². The Kier molecular flexibility index (Phi) is 4.44. The zero-order valence-corrected chi connectivity index (χ0v) is 15.2. The van der Waals surface area contributed by atoms with Gasteiger partial charge in [-0.1, -0.05) is 49.4 Å². The van der Waals surface area contributed by atoms with Gasteiger partial charge in [-0.2, -0.15) is 0 Å². The van der Waals surface area contributed by atoms with Gasteiger partial charge in [0.1, 0.15) is 0 Å². The molecule has 5 heteroatoms. The summed E-state index contributed by atoms with van der Waals surface area (Å²) in [4.78, 5) is 29.8. The Morgan fingerprint density at radius 2 is 1.96 bits per heavy atom. The number of carbonyl (C=O) groups excluding carboxylic acids is 1. The van der Waals surface area contributed by atoms with Gasteiger partial charge < -0.3 is 15.0 Å². The van der Waals surface area contributed by atoms with Crippen LogP contribution < -0.4 is 0 Å². The molecule has 0 spiro atoms. The average Bonchev–Trinajstić information content (AvgIpc) is 3.09. The van der Waals surface area contributed by atoms with E-state index in [2.05, 4.69) is 18.0 Å². The minimum Gasteiger partial charge on any atom is -0.479 e. The lowest BCUT2D eigenvalue weighted by molar-refractivity contribution is -0.151. The Balaban J connectivity index is 1.64. The van der Waals surface area contributed by atoms with E-state index in [1.54, 1.807) is 0 Å². The van der Waals surface area contributed by atoms with Gasteiger partial charge in [-0.3, -0.25) is 4.79 Å². The Bertz CT molecular complexity index is 1020. The number of carboxylic acids is 1. The summed E-state index contributed by atoms with van der Waals surface area (Å²) >= 11 is 0. The van der Waals surface area contributed by atoms with Crippen molar-refractivity contribution in [3.05, 3.63) is 70.9 Å². The van der Waals surface area contributed by atoms with Crippen molar-refractivity contribution in [2.24, 2.45) is 0 Å². The van der Waals surface area contributed by atoms with Crippen LogP contribution in [0.5, 0.6) is 0 Å². The van der Waals surface area contributed by atoms with E-state index in [-0.39, 0.29) is 12.3 Å². The van der Waals surface area contributed by atoms with Crippen LogP contribution >= 0.6 is 0 Å². The molecule has 4 rings (SSSR count). The number of amides is 1. The maximum Gasteiger partial charge on any atom is 0.331 e. The van der Waals surface area contributed by atoms with Crippen molar-refractivity contribution < 1.29 is 14.7 Å². The molecule has 1 aliphatic heterocycles. The van der Waals surface area contributed by atoms with E-state index >= 15 is 0 Å². The molecule has 1 aromatic heterocycles. The van der Waals surface area contributed by atoms with Gasteiger partial charge >= 0.3 is 5.97 Å². The van der Waals surface area contributed by atoms with Crippen molar-refractivity contribution in [2.45, 2.75) is 32.2 Å². The van der Waals surface area contributed by atoms with E-state index in [4.69, 9.17) is 0 Å². The molecule has 0 fully saturated rings. The van der Waals surface area contributed by atoms with Crippen molar-refractivity contribution in [3.8, 4) is 0 Å². The molecular formula is C22H22N2O3. The van der Waals surface area contributed by atoms with E-state index in [1.807, 2.05) is 42.6 Å². The van der Waals surface area contributed by atoms with Gasteiger partial charge in [0.2, 0.25) is 5.91 Å². The lowest BCUT2D eigenvalue weighted by Crippen LogP contribution is -2.44. The van der Waals surface area contributed by atoms with Crippen LogP contribution in [0.25, 0.3) is 10.9 Å². The Labute approximate surface area is 157 Å². The van der Waals surface area contributed by atoms with Crippen LogP contribution in [0.4, 0.5) is 0 Å². The predicted molar refractivity (Wildman–Crippen MR) is 104 cm³/mol. The molecule has 0 saturated heterocycles. The summed E-state index contributed by atoms with van der Waals surface area (Å²) in [6.07, 6.45) is 3.66. The lowest BCUT2D eigenvalue weighted by Gasteiger charge is -2.34. The number of para-hydroxylation sites is 1. The molecule has 1 aliphatic rings. The minimum absolute atomic E-state index is 0.153. The number of fused-ring (bicyclic) bond motifs is 2. The van der Waals surface area contributed by atoms with Crippen LogP contribution in [0.15, 0.2) is 48.7 Å². The molecular weight excluding hydrogens is 340 g/mol. The highest BCUT2D eigenvalue weighted by atomic mass is 16.4. The van der Waals surface area contributed by atoms with Crippen molar-refractivity contribution in [2.75, 3.05) is 6.54 Å². The summed E-state index contributed by atoms with van der Waals surface area (Å²) in [5.74, 6) is -1.14. The number of aryl methyl sites for hydroxylation is 1. The van der Waals surface area contributed by atoms with Crippen molar-refractivity contribution in [1.82, 2.24) is 9.88 Å². The Morgan fingerprint density at radius 3 is 2.74 bits per heavy atom. The minimum atomic E-state index is -0.984. The summed E-state index contributed by atoms with van der Waals surface area (Å²) in [7, 11) is 0. The topological polar surface area (TPSA) is 73.4 Å². The summed E-state index contributed by atoms with van der Waals surface area (Å²) in [5, 5.41) is 10.8. The molecule has 0 bridgehead atoms. The van der Waals surface area contributed by atoms with Gasteiger partial charge in [0.15, 0.2) is 6.04 Å². The fraction of sp³-hybridized carbons (Fsp3) is 0.273. The first-order valence-electron chi connectivity index (χ1n) is 9.28. The second-order valence-electron chi connectivity index (χ2n) is 6.96. The molecule has 0 radical (unpaired) electrons. The van der Waals surface area contributed by atoms with Gasteiger partial charge in [0, 0.05) is 23.6 Å². The molecule has 2 heterocycles. The number of aliphatic carboxylic acids is 1. The molecule has 1 atom stereocenters. The molecule has 1 unspecified atom stereocenters. The monoisotopic (exact) mass is 362 g/mol. The van der Waals surface area contributed by atoms with Crippen LogP contribution in [0.1, 0.15) is 35.2 Å². The first-order valence-corrected chi connectivity index (χ1v) is 9.28. The Morgan fingerprint density at radius 1 is 1.15 bits per heavy atom. The van der Waals surface area contributed by atoms with Gasteiger partial charge in [-0.25, -0.2) is 4.79 Å². The molecule has 138 valence electrons. The van der Waals surface area contributed by atoms with Crippen LogP contribution in [-0.2, 0) is 28.9 Å². The maximum atomic E-state index is 13.0. The van der Waals surface area contributed by atoms with Crippen molar-refractivity contribution >= 4 is 22.8 Å². The van der Waals surface area contributed by atoms with E-state index in [1.165, 1.54) is 10.5 Å². The second-order valence-corrected chi connectivity index (χ2v) is 6.96. The number of nitrogens with one attached hydrogen (secondary N) is 1. The molecule has 5 nitrogen and oxygen atoms in total. The number of hydrogen-bond acceptors (Lipinski definition) is 2. The summed E-state index contributed by atoms with van der Waals surface area (Å²) in [6, 6.07) is 12.7. The zero-order chi connectivity index (χ0) is 19.0. The van der Waals surface area contributed by atoms with Crippen molar-refractivity contribution in [3.63, 3.8) is 0 Å². The third kappa shape index (κ3) is 2.99. The number of H-pyrrole nitrogens is 1. The number of aromatic amines is 1. The number of nitrogens with zero attached hydrogens (tertiary/aromatic N) is 1. The van der Waals surface area contributed by atoms with Crippen LogP contribution in [0.3, 0.4) is 0 Å². The maximum absolute atomic E-state index is 13.0. The summed E-state index contributed by atoms with van der Waals surface area (Å²) in [6.45, 7) is 2.53.